The highest BCUT2D eigenvalue weighted by Gasteiger charge is 2.34. The molecule has 1 rings (SSSR count). The molecule has 0 saturated heterocycles. The Morgan fingerprint density at radius 2 is 1.64 bits per heavy atom. The smallest absolute Gasteiger partial charge is 0.306 e. The van der Waals surface area contributed by atoms with E-state index in [-0.39, 0.29) is 12.1 Å². The van der Waals surface area contributed by atoms with E-state index in [1.807, 2.05) is 0 Å². The SMILES string of the molecule is CCCCCCCCCCCC(=O)OC(C)C(C)CCC1CC=C(C)C1(C)C. The van der Waals surface area contributed by atoms with Crippen LogP contribution < -0.4 is 0 Å². The fourth-order valence-corrected chi connectivity index (χ4v) is 4.34. The van der Waals surface area contributed by atoms with Crippen LogP contribution in [0.3, 0.4) is 0 Å². The maximum atomic E-state index is 12.1. The lowest BCUT2D eigenvalue weighted by molar-refractivity contribution is -0.150. The predicted molar refractivity (Wildman–Crippen MR) is 121 cm³/mol. The molecule has 0 spiro atoms. The van der Waals surface area contributed by atoms with Crippen molar-refractivity contribution in [1.82, 2.24) is 0 Å². The predicted octanol–water partition coefficient (Wildman–Crippen LogP) is 8.25. The second kappa shape index (κ2) is 13.4. The molecule has 3 atom stereocenters. The quantitative estimate of drug-likeness (QED) is 0.159. The number of ether oxygens (including phenoxy) is 1. The normalized spacial score (nSPS) is 20.6. The van der Waals surface area contributed by atoms with Crippen molar-refractivity contribution < 1.29 is 9.53 Å². The average molecular weight is 393 g/mol. The summed E-state index contributed by atoms with van der Waals surface area (Å²) in [6.07, 6.45) is 18.1. The topological polar surface area (TPSA) is 26.3 Å². The molecule has 0 aromatic rings. The summed E-state index contributed by atoms with van der Waals surface area (Å²) in [6.45, 7) is 13.6. The highest BCUT2D eigenvalue weighted by atomic mass is 16.5. The molecule has 1 aliphatic carbocycles. The third kappa shape index (κ3) is 9.14. The van der Waals surface area contributed by atoms with Gasteiger partial charge in [0, 0.05) is 6.42 Å². The molecule has 0 aromatic carbocycles. The van der Waals surface area contributed by atoms with Crippen molar-refractivity contribution >= 4 is 5.97 Å². The van der Waals surface area contributed by atoms with Crippen molar-refractivity contribution in [2.24, 2.45) is 17.3 Å². The van der Waals surface area contributed by atoms with Gasteiger partial charge in [0.05, 0.1) is 0 Å². The van der Waals surface area contributed by atoms with E-state index in [4.69, 9.17) is 4.74 Å². The first-order valence-electron chi connectivity index (χ1n) is 12.2. The summed E-state index contributed by atoms with van der Waals surface area (Å²) in [6, 6.07) is 0. The van der Waals surface area contributed by atoms with Crippen LogP contribution in [-0.4, -0.2) is 12.1 Å². The van der Waals surface area contributed by atoms with Gasteiger partial charge in [-0.15, -0.1) is 0 Å². The van der Waals surface area contributed by atoms with Crippen molar-refractivity contribution in [3.05, 3.63) is 11.6 Å². The molecule has 0 saturated carbocycles. The second-order valence-electron chi connectivity index (χ2n) is 9.87. The van der Waals surface area contributed by atoms with Gasteiger partial charge in [-0.1, -0.05) is 90.7 Å². The van der Waals surface area contributed by atoms with Crippen molar-refractivity contribution in [3.8, 4) is 0 Å². The molecule has 0 aliphatic heterocycles. The third-order valence-electron chi connectivity index (χ3n) is 7.32. The van der Waals surface area contributed by atoms with E-state index in [0.29, 0.717) is 17.8 Å². The molecule has 0 bridgehead atoms. The van der Waals surface area contributed by atoms with Gasteiger partial charge >= 0.3 is 5.97 Å². The molecule has 0 aromatic heterocycles. The van der Waals surface area contributed by atoms with E-state index in [2.05, 4.69) is 47.6 Å². The lowest BCUT2D eigenvalue weighted by Gasteiger charge is -2.31. The fourth-order valence-electron chi connectivity index (χ4n) is 4.34. The van der Waals surface area contributed by atoms with Crippen LogP contribution in [0.15, 0.2) is 11.6 Å². The molecule has 3 unspecified atom stereocenters. The van der Waals surface area contributed by atoms with Gasteiger partial charge in [0.25, 0.3) is 0 Å². The maximum Gasteiger partial charge on any atom is 0.306 e. The minimum Gasteiger partial charge on any atom is -0.462 e. The zero-order chi connectivity index (χ0) is 21.0. The standard InChI is InChI=1S/C26H48O2/c1-7-8-9-10-11-12-13-14-15-16-25(27)28-23(4)21(2)17-19-24-20-18-22(3)26(24,5)6/h18,21,23-24H,7-17,19-20H2,1-6H3. The van der Waals surface area contributed by atoms with Gasteiger partial charge in [0.2, 0.25) is 0 Å². The molecule has 28 heavy (non-hydrogen) atoms. The Bertz CT molecular complexity index is 463. The molecule has 1 aliphatic rings. The number of rotatable bonds is 15. The Kier molecular flexibility index (Phi) is 12.1. The van der Waals surface area contributed by atoms with Gasteiger partial charge in [0.15, 0.2) is 0 Å². The molecule has 0 N–H and O–H groups in total. The zero-order valence-corrected chi connectivity index (χ0v) is 19.8. The van der Waals surface area contributed by atoms with E-state index in [1.165, 1.54) is 63.4 Å². The summed E-state index contributed by atoms with van der Waals surface area (Å²) < 4.78 is 5.72. The number of esters is 1. The first-order chi connectivity index (χ1) is 13.3. The van der Waals surface area contributed by atoms with Crippen LogP contribution in [0.5, 0.6) is 0 Å². The van der Waals surface area contributed by atoms with Crippen LogP contribution in [0.1, 0.15) is 125 Å². The van der Waals surface area contributed by atoms with E-state index >= 15 is 0 Å². The number of allylic oxidation sites excluding steroid dienone is 2. The fraction of sp³-hybridized carbons (Fsp3) is 0.885. The van der Waals surface area contributed by atoms with Crippen LogP contribution >= 0.6 is 0 Å². The minimum absolute atomic E-state index is 0.000929. The summed E-state index contributed by atoms with van der Waals surface area (Å²) >= 11 is 0. The second-order valence-corrected chi connectivity index (χ2v) is 9.87. The largest absolute Gasteiger partial charge is 0.462 e. The van der Waals surface area contributed by atoms with E-state index in [9.17, 15) is 4.79 Å². The Hall–Kier alpha value is -0.790. The zero-order valence-electron chi connectivity index (χ0n) is 19.8. The minimum atomic E-state index is 0.000929. The summed E-state index contributed by atoms with van der Waals surface area (Å²) in [7, 11) is 0. The molecule has 0 heterocycles. The summed E-state index contributed by atoms with van der Waals surface area (Å²) in [4.78, 5) is 12.1. The van der Waals surface area contributed by atoms with Crippen molar-refractivity contribution in [2.45, 2.75) is 131 Å². The Balaban J connectivity index is 2.09. The first kappa shape index (κ1) is 25.2. The average Bonchev–Trinajstić information content (AvgIpc) is 2.90. The lowest BCUT2D eigenvalue weighted by Crippen LogP contribution is -2.25. The number of hydrogen-bond donors (Lipinski definition) is 0. The number of hydrogen-bond acceptors (Lipinski definition) is 2. The monoisotopic (exact) mass is 392 g/mol. The molecule has 0 amide bonds. The van der Waals surface area contributed by atoms with Crippen LogP contribution in [0.2, 0.25) is 0 Å². The Morgan fingerprint density at radius 3 is 2.18 bits per heavy atom. The number of carbonyl (C=O) groups is 1. The van der Waals surface area contributed by atoms with Crippen LogP contribution in [-0.2, 0) is 9.53 Å². The first-order valence-corrected chi connectivity index (χ1v) is 12.2. The van der Waals surface area contributed by atoms with Gasteiger partial charge < -0.3 is 4.74 Å². The Labute approximate surface area is 175 Å². The molecular weight excluding hydrogens is 344 g/mol. The summed E-state index contributed by atoms with van der Waals surface area (Å²) in [5.41, 5.74) is 1.86. The molecule has 0 radical (unpaired) electrons. The highest BCUT2D eigenvalue weighted by Crippen LogP contribution is 2.45. The lowest BCUT2D eigenvalue weighted by atomic mass is 9.74. The van der Waals surface area contributed by atoms with Crippen molar-refractivity contribution in [3.63, 3.8) is 0 Å². The van der Waals surface area contributed by atoms with Gasteiger partial charge in [-0.25, -0.2) is 0 Å². The third-order valence-corrected chi connectivity index (χ3v) is 7.32. The molecule has 2 nitrogen and oxygen atoms in total. The van der Waals surface area contributed by atoms with Gasteiger partial charge in [-0.05, 0) is 56.8 Å². The maximum absolute atomic E-state index is 12.1. The summed E-state index contributed by atoms with van der Waals surface area (Å²) in [5.74, 6) is 1.17. The molecule has 164 valence electrons. The van der Waals surface area contributed by atoms with Crippen LogP contribution in [0, 0.1) is 17.3 Å². The van der Waals surface area contributed by atoms with Crippen LogP contribution in [0.25, 0.3) is 0 Å². The molecule has 2 heteroatoms. The Morgan fingerprint density at radius 1 is 1.07 bits per heavy atom. The van der Waals surface area contributed by atoms with Crippen molar-refractivity contribution in [2.75, 3.05) is 0 Å². The van der Waals surface area contributed by atoms with Crippen molar-refractivity contribution in [1.29, 1.82) is 0 Å². The summed E-state index contributed by atoms with van der Waals surface area (Å²) in [5, 5.41) is 0. The highest BCUT2D eigenvalue weighted by molar-refractivity contribution is 5.69. The van der Waals surface area contributed by atoms with Gasteiger partial charge in [-0.2, -0.15) is 0 Å². The molecular formula is C26H48O2. The van der Waals surface area contributed by atoms with E-state index in [0.717, 1.165) is 25.2 Å². The number of unbranched alkanes of at least 4 members (excludes halogenated alkanes) is 8. The van der Waals surface area contributed by atoms with Gasteiger partial charge in [0.1, 0.15) is 6.10 Å². The molecule has 0 fully saturated rings. The van der Waals surface area contributed by atoms with Gasteiger partial charge in [-0.3, -0.25) is 4.79 Å². The van der Waals surface area contributed by atoms with Crippen LogP contribution in [0.4, 0.5) is 0 Å². The van der Waals surface area contributed by atoms with E-state index < -0.39 is 0 Å². The van der Waals surface area contributed by atoms with E-state index in [1.54, 1.807) is 0 Å². The number of carbonyl (C=O) groups excluding carboxylic acids is 1.